The van der Waals surface area contributed by atoms with Crippen molar-refractivity contribution in [3.63, 3.8) is 0 Å². The Morgan fingerprint density at radius 1 is 1.40 bits per heavy atom. The second kappa shape index (κ2) is 5.55. The van der Waals surface area contributed by atoms with Crippen molar-refractivity contribution in [2.75, 3.05) is 0 Å². The summed E-state index contributed by atoms with van der Waals surface area (Å²) in [6.07, 6.45) is 5.79. The molecular formula is C13H15N7. The largest absolute Gasteiger partial charge is 0.326 e. The lowest BCUT2D eigenvalue weighted by Crippen LogP contribution is -2.32. The van der Waals surface area contributed by atoms with Crippen molar-refractivity contribution in [1.82, 2.24) is 19.3 Å². The van der Waals surface area contributed by atoms with E-state index >= 15 is 0 Å². The standard InChI is InChI=1S/C13H15N7/c1-3-10(16)13(9-6-18-19(2)7-9)20-8-17-11(4-14)12(20)5-15/h6-8,10,13H,3,16H2,1-2H3. The lowest BCUT2D eigenvalue weighted by Gasteiger charge is -2.23. The number of aryl methyl sites for hydroxylation is 1. The van der Waals surface area contributed by atoms with Crippen LogP contribution in [0.15, 0.2) is 18.7 Å². The van der Waals surface area contributed by atoms with E-state index in [1.807, 2.05) is 32.3 Å². The second-order valence-corrected chi connectivity index (χ2v) is 4.54. The van der Waals surface area contributed by atoms with E-state index in [1.54, 1.807) is 15.4 Å². The molecule has 2 aromatic rings. The Labute approximate surface area is 116 Å². The van der Waals surface area contributed by atoms with Crippen molar-refractivity contribution in [1.29, 1.82) is 10.5 Å². The molecule has 2 rings (SSSR count). The van der Waals surface area contributed by atoms with Gasteiger partial charge in [-0.3, -0.25) is 4.68 Å². The van der Waals surface area contributed by atoms with Crippen molar-refractivity contribution in [3.8, 4) is 12.1 Å². The van der Waals surface area contributed by atoms with Gasteiger partial charge in [0.1, 0.15) is 12.1 Å². The van der Waals surface area contributed by atoms with Gasteiger partial charge >= 0.3 is 0 Å². The first-order valence-corrected chi connectivity index (χ1v) is 6.23. The number of nitrogens with zero attached hydrogens (tertiary/aromatic N) is 6. The number of nitriles is 2. The number of hydrogen-bond acceptors (Lipinski definition) is 5. The van der Waals surface area contributed by atoms with E-state index in [1.165, 1.54) is 6.33 Å². The minimum Gasteiger partial charge on any atom is -0.326 e. The average Bonchev–Trinajstić information content (AvgIpc) is 3.05. The second-order valence-electron chi connectivity index (χ2n) is 4.54. The van der Waals surface area contributed by atoms with Crippen LogP contribution in [0.1, 0.15) is 36.3 Å². The highest BCUT2D eigenvalue weighted by Gasteiger charge is 2.25. The van der Waals surface area contributed by atoms with Gasteiger partial charge in [-0.2, -0.15) is 15.6 Å². The van der Waals surface area contributed by atoms with Crippen molar-refractivity contribution in [2.24, 2.45) is 12.8 Å². The Bertz CT molecular complexity index is 682. The third-order valence-corrected chi connectivity index (χ3v) is 3.25. The van der Waals surface area contributed by atoms with Gasteiger partial charge in [0.25, 0.3) is 0 Å². The van der Waals surface area contributed by atoms with Crippen LogP contribution in [0.25, 0.3) is 0 Å². The summed E-state index contributed by atoms with van der Waals surface area (Å²) in [5, 5.41) is 22.4. The molecule has 7 nitrogen and oxygen atoms in total. The minimum atomic E-state index is -0.266. The highest BCUT2D eigenvalue weighted by Crippen LogP contribution is 2.25. The zero-order valence-corrected chi connectivity index (χ0v) is 11.4. The van der Waals surface area contributed by atoms with Gasteiger partial charge in [0.2, 0.25) is 0 Å². The lowest BCUT2D eigenvalue weighted by molar-refractivity contribution is 0.455. The molecule has 2 atom stereocenters. The van der Waals surface area contributed by atoms with Crippen molar-refractivity contribution in [2.45, 2.75) is 25.4 Å². The Kier molecular flexibility index (Phi) is 3.83. The highest BCUT2D eigenvalue weighted by molar-refractivity contribution is 5.37. The van der Waals surface area contributed by atoms with Crippen LogP contribution in [0.2, 0.25) is 0 Å². The molecule has 0 aliphatic carbocycles. The molecular weight excluding hydrogens is 254 g/mol. The lowest BCUT2D eigenvalue weighted by atomic mass is 10.0. The van der Waals surface area contributed by atoms with E-state index in [9.17, 15) is 5.26 Å². The molecule has 0 fully saturated rings. The minimum absolute atomic E-state index is 0.115. The van der Waals surface area contributed by atoms with E-state index in [-0.39, 0.29) is 23.5 Å². The molecule has 0 amide bonds. The smallest absolute Gasteiger partial charge is 0.176 e. The summed E-state index contributed by atoms with van der Waals surface area (Å²) < 4.78 is 3.34. The van der Waals surface area contributed by atoms with Gasteiger partial charge in [-0.05, 0) is 6.42 Å². The number of aromatic nitrogens is 4. The highest BCUT2D eigenvalue weighted by atomic mass is 15.2. The maximum Gasteiger partial charge on any atom is 0.176 e. The molecule has 0 aliphatic heterocycles. The third kappa shape index (κ3) is 2.27. The van der Waals surface area contributed by atoms with Gasteiger partial charge in [-0.15, -0.1) is 0 Å². The molecule has 0 radical (unpaired) electrons. The molecule has 2 N–H and O–H groups in total. The molecule has 2 aromatic heterocycles. The molecule has 0 spiro atoms. The molecule has 20 heavy (non-hydrogen) atoms. The molecule has 0 saturated carbocycles. The summed E-state index contributed by atoms with van der Waals surface area (Å²) in [4.78, 5) is 3.97. The van der Waals surface area contributed by atoms with Crippen LogP contribution in [-0.4, -0.2) is 25.4 Å². The molecule has 2 unspecified atom stereocenters. The van der Waals surface area contributed by atoms with E-state index < -0.39 is 0 Å². The molecule has 102 valence electrons. The Hall–Kier alpha value is -2.64. The Morgan fingerprint density at radius 2 is 2.15 bits per heavy atom. The molecule has 7 heteroatoms. The van der Waals surface area contributed by atoms with E-state index in [2.05, 4.69) is 10.1 Å². The first kappa shape index (κ1) is 13.8. The molecule has 0 saturated heterocycles. The fourth-order valence-electron chi connectivity index (χ4n) is 2.19. The molecule has 0 bridgehead atoms. The van der Waals surface area contributed by atoms with Gasteiger partial charge < -0.3 is 10.3 Å². The number of rotatable bonds is 4. The first-order valence-electron chi connectivity index (χ1n) is 6.23. The van der Waals surface area contributed by atoms with Gasteiger partial charge in [-0.25, -0.2) is 4.98 Å². The van der Waals surface area contributed by atoms with Crippen LogP contribution in [0.5, 0.6) is 0 Å². The molecule has 0 aromatic carbocycles. The number of imidazole rings is 1. The van der Waals surface area contributed by atoms with Crippen LogP contribution < -0.4 is 5.73 Å². The maximum absolute atomic E-state index is 9.25. The predicted molar refractivity (Wildman–Crippen MR) is 71.3 cm³/mol. The van der Waals surface area contributed by atoms with Gasteiger partial charge in [-0.1, -0.05) is 6.92 Å². The van der Waals surface area contributed by atoms with Crippen LogP contribution in [0, 0.1) is 22.7 Å². The van der Waals surface area contributed by atoms with Crippen LogP contribution >= 0.6 is 0 Å². The van der Waals surface area contributed by atoms with Crippen molar-refractivity contribution >= 4 is 0 Å². The van der Waals surface area contributed by atoms with E-state index in [4.69, 9.17) is 11.0 Å². The Balaban J connectivity index is 2.56. The van der Waals surface area contributed by atoms with Gasteiger partial charge in [0.05, 0.1) is 18.6 Å². The number of hydrogen-bond donors (Lipinski definition) is 1. The zero-order chi connectivity index (χ0) is 14.7. The van der Waals surface area contributed by atoms with E-state index in [0.717, 1.165) is 12.0 Å². The topological polar surface area (TPSA) is 109 Å². The SMILES string of the molecule is CCC(N)C(c1cnn(C)c1)n1cnc(C#N)c1C#N. The quantitative estimate of drug-likeness (QED) is 0.878. The average molecular weight is 269 g/mol. The predicted octanol–water partition coefficient (Wildman–Crippen LogP) is 0.687. The maximum atomic E-state index is 9.25. The van der Waals surface area contributed by atoms with Crippen LogP contribution in [0.4, 0.5) is 0 Å². The van der Waals surface area contributed by atoms with Crippen molar-refractivity contribution < 1.29 is 0 Å². The summed E-state index contributed by atoms with van der Waals surface area (Å²) in [7, 11) is 1.82. The first-order chi connectivity index (χ1) is 9.62. The van der Waals surface area contributed by atoms with Gasteiger partial charge in [0.15, 0.2) is 11.4 Å². The third-order valence-electron chi connectivity index (χ3n) is 3.25. The normalized spacial score (nSPS) is 13.4. The zero-order valence-electron chi connectivity index (χ0n) is 11.4. The molecule has 0 aliphatic rings. The van der Waals surface area contributed by atoms with E-state index in [0.29, 0.717) is 0 Å². The summed E-state index contributed by atoms with van der Waals surface area (Å²) in [6, 6.07) is 3.48. The fourth-order valence-corrected chi connectivity index (χ4v) is 2.19. The van der Waals surface area contributed by atoms with Crippen molar-refractivity contribution in [3.05, 3.63) is 35.7 Å². The number of nitrogens with two attached hydrogens (primary N) is 1. The summed E-state index contributed by atoms with van der Waals surface area (Å²) in [6.45, 7) is 1.97. The van der Waals surface area contributed by atoms with Crippen LogP contribution in [0.3, 0.4) is 0 Å². The Morgan fingerprint density at radius 3 is 2.65 bits per heavy atom. The van der Waals surface area contributed by atoms with Gasteiger partial charge in [0, 0.05) is 24.8 Å². The fraction of sp³-hybridized carbons (Fsp3) is 0.385. The summed E-state index contributed by atoms with van der Waals surface area (Å²) in [5.41, 5.74) is 7.42. The monoisotopic (exact) mass is 269 g/mol. The summed E-state index contributed by atoms with van der Waals surface area (Å²) >= 11 is 0. The van der Waals surface area contributed by atoms with Crippen LogP contribution in [-0.2, 0) is 7.05 Å². The summed E-state index contributed by atoms with van der Waals surface area (Å²) in [5.74, 6) is 0. The molecule has 2 heterocycles.